The molecule has 1 saturated heterocycles. The fourth-order valence-corrected chi connectivity index (χ4v) is 5.40. The maximum Gasteiger partial charge on any atom is 0.246 e. The van der Waals surface area contributed by atoms with E-state index in [0.29, 0.717) is 26.2 Å². The van der Waals surface area contributed by atoms with E-state index < -0.39 is 15.8 Å². The van der Waals surface area contributed by atoms with Crippen molar-refractivity contribution < 1.29 is 17.5 Å². The average molecular weight is 392 g/mol. The molecule has 5 nitrogen and oxygen atoms in total. The standard InChI is InChI=1S/C20H25FN2O3S/c1-14-11-15(2)20(16(3)12-14)22-7-9-23(10-8-22)27(24,25)19-13-17(21)5-6-18(19)26-4/h5-6,11-13H,7-10H2,1-4H3. The summed E-state index contributed by atoms with van der Waals surface area (Å²) in [7, 11) is -2.44. The second-order valence-electron chi connectivity index (χ2n) is 6.93. The van der Waals surface area contributed by atoms with E-state index in [4.69, 9.17) is 4.74 Å². The first-order chi connectivity index (χ1) is 12.7. The molecule has 0 N–H and O–H groups in total. The van der Waals surface area contributed by atoms with Gasteiger partial charge in [0.15, 0.2) is 0 Å². The summed E-state index contributed by atoms with van der Waals surface area (Å²) in [5.41, 5.74) is 4.76. The van der Waals surface area contributed by atoms with Crippen LogP contribution in [0.5, 0.6) is 5.75 Å². The summed E-state index contributed by atoms with van der Waals surface area (Å²) in [6, 6.07) is 7.84. The highest BCUT2D eigenvalue weighted by molar-refractivity contribution is 7.89. The number of hydrogen-bond donors (Lipinski definition) is 0. The third-order valence-corrected chi connectivity index (χ3v) is 6.85. The Balaban J connectivity index is 1.83. The van der Waals surface area contributed by atoms with E-state index >= 15 is 0 Å². The molecule has 1 heterocycles. The van der Waals surface area contributed by atoms with E-state index in [-0.39, 0.29) is 10.6 Å². The number of aryl methyl sites for hydroxylation is 3. The molecule has 1 aliphatic heterocycles. The Hall–Kier alpha value is -2.12. The molecule has 0 atom stereocenters. The van der Waals surface area contributed by atoms with Crippen LogP contribution in [0.2, 0.25) is 0 Å². The molecule has 0 aromatic heterocycles. The summed E-state index contributed by atoms with van der Waals surface area (Å²) in [5.74, 6) is -0.442. The van der Waals surface area contributed by atoms with Crippen LogP contribution in [-0.4, -0.2) is 46.0 Å². The number of anilines is 1. The number of halogens is 1. The Kier molecular flexibility index (Phi) is 5.44. The summed E-state index contributed by atoms with van der Waals surface area (Å²) in [5, 5.41) is 0. The van der Waals surface area contributed by atoms with Gasteiger partial charge in [-0.15, -0.1) is 0 Å². The van der Waals surface area contributed by atoms with E-state index in [1.807, 2.05) is 0 Å². The third-order valence-electron chi connectivity index (χ3n) is 4.93. The van der Waals surface area contributed by atoms with Crippen LogP contribution >= 0.6 is 0 Å². The van der Waals surface area contributed by atoms with Gasteiger partial charge < -0.3 is 9.64 Å². The maximum atomic E-state index is 13.6. The average Bonchev–Trinajstić information content (AvgIpc) is 2.61. The highest BCUT2D eigenvalue weighted by Gasteiger charge is 2.31. The summed E-state index contributed by atoms with van der Waals surface area (Å²) in [4.78, 5) is 2.10. The molecule has 0 bridgehead atoms. The maximum absolute atomic E-state index is 13.6. The molecule has 2 aromatic carbocycles. The van der Waals surface area contributed by atoms with Gasteiger partial charge >= 0.3 is 0 Å². The smallest absolute Gasteiger partial charge is 0.246 e. The van der Waals surface area contributed by atoms with E-state index in [1.165, 1.54) is 45.9 Å². The van der Waals surface area contributed by atoms with Gasteiger partial charge in [-0.3, -0.25) is 0 Å². The molecular weight excluding hydrogens is 367 g/mol. The Bertz CT molecular complexity index is 929. The SMILES string of the molecule is COc1ccc(F)cc1S(=O)(=O)N1CCN(c2c(C)cc(C)cc2C)CC1. The first-order valence-corrected chi connectivity index (χ1v) is 10.3. The minimum absolute atomic E-state index is 0.124. The molecule has 0 saturated carbocycles. The summed E-state index contributed by atoms with van der Waals surface area (Å²) >= 11 is 0. The molecule has 1 aliphatic rings. The topological polar surface area (TPSA) is 49.9 Å². The molecule has 146 valence electrons. The van der Waals surface area contributed by atoms with Crippen molar-refractivity contribution >= 4 is 15.7 Å². The zero-order valence-corrected chi connectivity index (χ0v) is 16.9. The van der Waals surface area contributed by atoms with Gasteiger partial charge in [0.1, 0.15) is 16.5 Å². The van der Waals surface area contributed by atoms with Crippen LogP contribution in [0.3, 0.4) is 0 Å². The number of methoxy groups -OCH3 is 1. The number of piperazine rings is 1. The molecule has 7 heteroatoms. The van der Waals surface area contributed by atoms with Gasteiger partial charge in [-0.05, 0) is 50.1 Å². The molecule has 2 aromatic rings. The van der Waals surface area contributed by atoms with Crippen molar-refractivity contribution in [3.8, 4) is 5.75 Å². The van der Waals surface area contributed by atoms with Crippen LogP contribution in [-0.2, 0) is 10.0 Å². The predicted octanol–water partition coefficient (Wildman–Crippen LogP) is 3.27. The molecule has 3 rings (SSSR count). The van der Waals surface area contributed by atoms with Gasteiger partial charge in [-0.2, -0.15) is 4.31 Å². The van der Waals surface area contributed by atoms with Gasteiger partial charge in [0.25, 0.3) is 0 Å². The number of ether oxygens (including phenoxy) is 1. The highest BCUT2D eigenvalue weighted by Crippen LogP contribution is 2.31. The molecule has 0 radical (unpaired) electrons. The second-order valence-corrected chi connectivity index (χ2v) is 8.84. The van der Waals surface area contributed by atoms with E-state index in [0.717, 1.165) is 6.07 Å². The van der Waals surface area contributed by atoms with E-state index in [9.17, 15) is 12.8 Å². The van der Waals surface area contributed by atoms with Crippen molar-refractivity contribution in [3.63, 3.8) is 0 Å². The predicted molar refractivity (Wildman–Crippen MR) is 105 cm³/mol. The van der Waals surface area contributed by atoms with Crippen LogP contribution in [0.25, 0.3) is 0 Å². The number of hydrogen-bond acceptors (Lipinski definition) is 4. The Morgan fingerprint density at radius 1 is 0.963 bits per heavy atom. The van der Waals surface area contributed by atoms with Crippen molar-refractivity contribution in [1.29, 1.82) is 0 Å². The number of nitrogens with zero attached hydrogens (tertiary/aromatic N) is 2. The molecule has 1 fully saturated rings. The monoisotopic (exact) mass is 392 g/mol. The van der Waals surface area contributed by atoms with Crippen molar-refractivity contribution in [2.45, 2.75) is 25.7 Å². The van der Waals surface area contributed by atoms with Gasteiger partial charge in [0.05, 0.1) is 7.11 Å². The quantitative estimate of drug-likeness (QED) is 0.801. The molecule has 0 aliphatic carbocycles. The van der Waals surface area contributed by atoms with Crippen LogP contribution in [0.15, 0.2) is 35.2 Å². The number of benzene rings is 2. The van der Waals surface area contributed by atoms with Crippen molar-refractivity contribution in [1.82, 2.24) is 4.31 Å². The van der Waals surface area contributed by atoms with Gasteiger partial charge in [-0.25, -0.2) is 12.8 Å². The number of sulfonamides is 1. The van der Waals surface area contributed by atoms with Gasteiger partial charge in [-0.1, -0.05) is 17.7 Å². The fourth-order valence-electron chi connectivity index (χ4n) is 3.81. The third kappa shape index (κ3) is 3.80. The summed E-state index contributed by atoms with van der Waals surface area (Å²) < 4.78 is 46.2. The van der Waals surface area contributed by atoms with Crippen molar-refractivity contribution in [2.24, 2.45) is 0 Å². The zero-order chi connectivity index (χ0) is 19.8. The lowest BCUT2D eigenvalue weighted by Gasteiger charge is -2.37. The van der Waals surface area contributed by atoms with Crippen LogP contribution in [0.1, 0.15) is 16.7 Å². The van der Waals surface area contributed by atoms with Crippen LogP contribution in [0, 0.1) is 26.6 Å². The lowest BCUT2D eigenvalue weighted by atomic mass is 10.0. The normalized spacial score (nSPS) is 15.8. The summed E-state index contributed by atoms with van der Waals surface area (Å²) in [6.45, 7) is 8.08. The van der Waals surface area contributed by atoms with Gasteiger partial charge in [0, 0.05) is 31.9 Å². The molecule has 0 amide bonds. The zero-order valence-electron chi connectivity index (χ0n) is 16.1. The molecule has 0 unspecified atom stereocenters. The Labute approximate surface area is 160 Å². The molecule has 0 spiro atoms. The minimum Gasteiger partial charge on any atom is -0.495 e. The van der Waals surface area contributed by atoms with E-state index in [1.54, 1.807) is 0 Å². The molecular formula is C20H25FN2O3S. The lowest BCUT2D eigenvalue weighted by molar-refractivity contribution is 0.373. The first kappa shape index (κ1) is 19.6. The summed E-state index contributed by atoms with van der Waals surface area (Å²) in [6.07, 6.45) is 0. The highest BCUT2D eigenvalue weighted by atomic mass is 32.2. The Morgan fingerprint density at radius 3 is 2.11 bits per heavy atom. The minimum atomic E-state index is -3.82. The van der Waals surface area contributed by atoms with Crippen LogP contribution < -0.4 is 9.64 Å². The van der Waals surface area contributed by atoms with E-state index in [2.05, 4.69) is 37.8 Å². The van der Waals surface area contributed by atoms with Crippen molar-refractivity contribution in [3.05, 3.63) is 52.8 Å². The first-order valence-electron chi connectivity index (χ1n) is 8.90. The molecule has 27 heavy (non-hydrogen) atoms. The largest absolute Gasteiger partial charge is 0.495 e. The second kappa shape index (κ2) is 7.48. The lowest BCUT2D eigenvalue weighted by Crippen LogP contribution is -2.49. The fraction of sp³-hybridized carbons (Fsp3) is 0.400. The van der Waals surface area contributed by atoms with Crippen molar-refractivity contribution in [2.75, 3.05) is 38.2 Å². The Morgan fingerprint density at radius 2 is 1.56 bits per heavy atom. The van der Waals surface area contributed by atoms with Crippen LogP contribution in [0.4, 0.5) is 10.1 Å². The number of rotatable bonds is 4. The van der Waals surface area contributed by atoms with Gasteiger partial charge in [0.2, 0.25) is 10.0 Å².